The standard InChI is InChI=1S/C20H25Cl2NO6.2C2H6/c1-11(2)23(17(25)28-19(3,4)5)15-13(21)9-12(10-14(15)22)16(24)27-18(26)29-20(6,7)8;2*1-2/h9-10H,1H2,2-8H3;2*1-2H3. The maximum Gasteiger partial charge on any atom is 0.516 e. The second kappa shape index (κ2) is 14.1. The predicted octanol–water partition coefficient (Wildman–Crippen LogP) is 8.41. The topological polar surface area (TPSA) is 82.1 Å². The third-order valence-electron chi connectivity index (χ3n) is 3.00. The number of rotatable bonds is 3. The molecule has 0 saturated heterocycles. The zero-order valence-corrected chi connectivity index (χ0v) is 23.0. The molecule has 7 nitrogen and oxygen atoms in total. The molecule has 0 atom stereocenters. The number of hydrogen-bond donors (Lipinski definition) is 0. The number of halogens is 2. The van der Waals surface area contributed by atoms with Gasteiger partial charge in [0.2, 0.25) is 0 Å². The molecule has 0 aliphatic rings. The number of allylic oxidation sites excluding steroid dienone is 1. The van der Waals surface area contributed by atoms with E-state index in [4.69, 9.17) is 32.7 Å². The number of ether oxygens (including phenoxy) is 3. The number of anilines is 1. The highest BCUT2D eigenvalue weighted by molar-refractivity contribution is 6.40. The largest absolute Gasteiger partial charge is 0.516 e. The third kappa shape index (κ3) is 12.0. The van der Waals surface area contributed by atoms with Gasteiger partial charge in [-0.15, -0.1) is 0 Å². The lowest BCUT2D eigenvalue weighted by molar-refractivity contribution is -0.00158. The molecule has 0 heterocycles. The van der Waals surface area contributed by atoms with Crippen LogP contribution in [0.2, 0.25) is 10.0 Å². The van der Waals surface area contributed by atoms with Crippen LogP contribution in [0.4, 0.5) is 15.3 Å². The number of amides is 1. The van der Waals surface area contributed by atoms with Gasteiger partial charge < -0.3 is 14.2 Å². The summed E-state index contributed by atoms with van der Waals surface area (Å²) >= 11 is 12.6. The van der Waals surface area contributed by atoms with Crippen LogP contribution in [-0.2, 0) is 14.2 Å². The highest BCUT2D eigenvalue weighted by atomic mass is 35.5. The van der Waals surface area contributed by atoms with Gasteiger partial charge in [0, 0.05) is 5.70 Å². The van der Waals surface area contributed by atoms with E-state index in [-0.39, 0.29) is 21.3 Å². The van der Waals surface area contributed by atoms with Crippen molar-refractivity contribution in [3.8, 4) is 0 Å². The first-order valence-corrected chi connectivity index (χ1v) is 11.4. The van der Waals surface area contributed by atoms with E-state index in [2.05, 4.69) is 11.3 Å². The number of benzene rings is 1. The first-order chi connectivity index (χ1) is 15.0. The molecule has 0 spiro atoms. The molecule has 1 rings (SSSR count). The second-order valence-electron chi connectivity index (χ2n) is 8.19. The van der Waals surface area contributed by atoms with Crippen LogP contribution in [0.1, 0.15) is 86.5 Å². The fourth-order valence-corrected chi connectivity index (χ4v) is 2.70. The van der Waals surface area contributed by atoms with Gasteiger partial charge in [-0.3, -0.25) is 0 Å². The van der Waals surface area contributed by atoms with Gasteiger partial charge in [0.25, 0.3) is 0 Å². The monoisotopic (exact) mass is 505 g/mol. The average Bonchev–Trinajstić information content (AvgIpc) is 2.64. The Labute approximate surface area is 208 Å². The molecule has 1 amide bonds. The molecule has 1 aromatic rings. The van der Waals surface area contributed by atoms with Crippen LogP contribution >= 0.6 is 23.2 Å². The van der Waals surface area contributed by atoms with Crippen LogP contribution in [0.5, 0.6) is 0 Å². The summed E-state index contributed by atoms with van der Waals surface area (Å²) in [5.74, 6) is -1.01. The first kappa shape index (κ1) is 32.9. The zero-order valence-electron chi connectivity index (χ0n) is 21.5. The van der Waals surface area contributed by atoms with Crippen LogP contribution in [0.3, 0.4) is 0 Å². The van der Waals surface area contributed by atoms with Gasteiger partial charge in [0.15, 0.2) is 0 Å². The zero-order chi connectivity index (χ0) is 26.7. The maximum atomic E-state index is 12.6. The summed E-state index contributed by atoms with van der Waals surface area (Å²) in [6.07, 6.45) is -1.89. The lowest BCUT2D eigenvalue weighted by Gasteiger charge is -2.28. The highest BCUT2D eigenvalue weighted by Crippen LogP contribution is 2.38. The second-order valence-corrected chi connectivity index (χ2v) is 9.01. The molecule has 0 unspecified atom stereocenters. The van der Waals surface area contributed by atoms with Gasteiger partial charge in [0.05, 0.1) is 21.3 Å². The Hall–Kier alpha value is -2.25. The summed E-state index contributed by atoms with van der Waals surface area (Å²) in [4.78, 5) is 37.6. The predicted molar refractivity (Wildman–Crippen MR) is 134 cm³/mol. The summed E-state index contributed by atoms with van der Waals surface area (Å²) in [5, 5.41) is -0.0787. The molecule has 0 radical (unpaired) electrons. The molecule has 188 valence electrons. The number of nitrogens with zero attached hydrogens (tertiary/aromatic N) is 1. The van der Waals surface area contributed by atoms with E-state index in [1.165, 1.54) is 12.1 Å². The molecule has 33 heavy (non-hydrogen) atoms. The Morgan fingerprint density at radius 1 is 0.848 bits per heavy atom. The average molecular weight is 506 g/mol. The summed E-state index contributed by atoms with van der Waals surface area (Å²) in [5.41, 5.74) is -1.30. The fourth-order valence-electron chi connectivity index (χ4n) is 2.05. The summed E-state index contributed by atoms with van der Waals surface area (Å²) in [6, 6.07) is 2.44. The van der Waals surface area contributed by atoms with Crippen molar-refractivity contribution in [3.63, 3.8) is 0 Å². The van der Waals surface area contributed by atoms with Crippen LogP contribution in [-0.4, -0.2) is 29.4 Å². The van der Waals surface area contributed by atoms with Crippen LogP contribution in [0.25, 0.3) is 0 Å². The fraction of sp³-hybridized carbons (Fsp3) is 0.542. The Bertz CT molecular complexity index is 815. The molecule has 0 aromatic heterocycles. The van der Waals surface area contributed by atoms with Crippen molar-refractivity contribution in [1.29, 1.82) is 0 Å². The summed E-state index contributed by atoms with van der Waals surface area (Å²) < 4.78 is 14.9. The van der Waals surface area contributed by atoms with E-state index >= 15 is 0 Å². The smallest absolute Gasteiger partial charge is 0.443 e. The van der Waals surface area contributed by atoms with Crippen LogP contribution in [0, 0.1) is 0 Å². The number of hydrogen-bond acceptors (Lipinski definition) is 6. The molecule has 9 heteroatoms. The van der Waals surface area contributed by atoms with Crippen molar-refractivity contribution in [1.82, 2.24) is 0 Å². The molecule has 0 N–H and O–H groups in total. The SMILES string of the molecule is C=C(C)N(C(=O)OC(C)(C)C)c1c(Cl)cc(C(=O)OC(=O)OC(C)(C)C)cc1Cl.CC.CC. The number of esters is 1. The minimum Gasteiger partial charge on any atom is -0.443 e. The van der Waals surface area contributed by atoms with Crippen molar-refractivity contribution >= 4 is 47.1 Å². The minimum atomic E-state index is -1.16. The molecule has 1 aromatic carbocycles. The molecular weight excluding hydrogens is 469 g/mol. The van der Waals surface area contributed by atoms with Crippen molar-refractivity contribution in [2.75, 3.05) is 4.90 Å². The van der Waals surface area contributed by atoms with Crippen molar-refractivity contribution in [2.24, 2.45) is 0 Å². The van der Waals surface area contributed by atoms with Gasteiger partial charge in [0.1, 0.15) is 11.2 Å². The Balaban J connectivity index is 0. The molecular formula is C24H37Cl2NO6. The minimum absolute atomic E-state index is 0.0394. The number of carbonyl (C=O) groups excluding carboxylic acids is 3. The van der Waals surface area contributed by atoms with E-state index in [0.29, 0.717) is 5.70 Å². The normalized spacial score (nSPS) is 10.5. The third-order valence-corrected chi connectivity index (χ3v) is 3.58. The quantitative estimate of drug-likeness (QED) is 0.302. The van der Waals surface area contributed by atoms with Gasteiger partial charge in [-0.25, -0.2) is 19.3 Å². The van der Waals surface area contributed by atoms with E-state index in [9.17, 15) is 14.4 Å². The Morgan fingerprint density at radius 2 is 1.24 bits per heavy atom. The van der Waals surface area contributed by atoms with Gasteiger partial charge in [-0.05, 0) is 60.6 Å². The first-order valence-electron chi connectivity index (χ1n) is 10.6. The number of carbonyl (C=O) groups is 3. The van der Waals surface area contributed by atoms with Crippen molar-refractivity contribution in [2.45, 2.75) is 87.4 Å². The van der Waals surface area contributed by atoms with Crippen molar-refractivity contribution < 1.29 is 28.6 Å². The van der Waals surface area contributed by atoms with Crippen LogP contribution in [0.15, 0.2) is 24.4 Å². The molecule has 0 aliphatic carbocycles. The van der Waals surface area contributed by atoms with Gasteiger partial charge >= 0.3 is 18.2 Å². The molecule has 0 fully saturated rings. The Morgan fingerprint density at radius 3 is 1.58 bits per heavy atom. The Kier molecular flexibility index (Phi) is 14.1. The van der Waals surface area contributed by atoms with Gasteiger partial charge in [-0.2, -0.15) is 0 Å². The molecule has 0 saturated carbocycles. The molecule has 0 bridgehead atoms. The summed E-state index contributed by atoms with van der Waals surface area (Å²) in [6.45, 7) is 23.3. The van der Waals surface area contributed by atoms with E-state index in [1.54, 1.807) is 48.5 Å². The maximum absolute atomic E-state index is 12.6. The lowest BCUT2D eigenvalue weighted by Crippen LogP contribution is -2.36. The highest BCUT2D eigenvalue weighted by Gasteiger charge is 2.29. The van der Waals surface area contributed by atoms with E-state index in [0.717, 1.165) is 4.90 Å². The van der Waals surface area contributed by atoms with Crippen LogP contribution < -0.4 is 4.90 Å². The van der Waals surface area contributed by atoms with Gasteiger partial charge in [-0.1, -0.05) is 57.5 Å². The summed E-state index contributed by atoms with van der Waals surface area (Å²) in [7, 11) is 0. The van der Waals surface area contributed by atoms with E-state index in [1.807, 2.05) is 27.7 Å². The van der Waals surface area contributed by atoms with E-state index < -0.39 is 29.4 Å². The van der Waals surface area contributed by atoms with Crippen molar-refractivity contribution in [3.05, 3.63) is 40.0 Å². The lowest BCUT2D eigenvalue weighted by atomic mass is 10.2. The molecule has 0 aliphatic heterocycles.